The average Bonchev–Trinajstić information content (AvgIpc) is 2.72. The van der Waals surface area contributed by atoms with Crippen molar-refractivity contribution < 1.29 is 27.1 Å². The van der Waals surface area contributed by atoms with Crippen molar-refractivity contribution in [2.75, 3.05) is 58.2 Å². The summed E-state index contributed by atoms with van der Waals surface area (Å²) in [7, 11) is 1.37. The Bertz CT molecular complexity index is 940. The Morgan fingerprint density at radius 2 is 1.60 bits per heavy atom. The number of ether oxygens (including phenoxy) is 2. The molecule has 0 aliphatic heterocycles. The van der Waals surface area contributed by atoms with Gasteiger partial charge in [-0.2, -0.15) is 4.33 Å². The summed E-state index contributed by atoms with van der Waals surface area (Å²) in [5.74, 6) is 0.989. The fraction of sp³-hybridized carbons (Fsp3) is 0.368. The maximum absolute atomic E-state index is 12.5. The lowest BCUT2D eigenvalue weighted by Gasteiger charge is -2.16. The van der Waals surface area contributed by atoms with Crippen molar-refractivity contribution in [3.05, 3.63) is 36.4 Å². The molecule has 0 aliphatic carbocycles. The molecule has 0 unspecified atom stereocenters. The van der Waals surface area contributed by atoms with Crippen molar-refractivity contribution in [2.24, 2.45) is 0 Å². The molecule has 11 heteroatoms. The van der Waals surface area contributed by atoms with Crippen molar-refractivity contribution in [1.82, 2.24) is 4.90 Å². The van der Waals surface area contributed by atoms with E-state index in [4.69, 9.17) is 30.2 Å². The first-order valence-electron chi connectivity index (χ1n) is 9.01. The number of anilines is 2. The first-order chi connectivity index (χ1) is 14.3. The molecule has 2 aromatic rings. The van der Waals surface area contributed by atoms with Crippen LogP contribution in [0.15, 0.2) is 46.2 Å². The van der Waals surface area contributed by atoms with Gasteiger partial charge < -0.3 is 25.8 Å². The first kappa shape index (κ1) is 24.1. The lowest BCUT2D eigenvalue weighted by molar-refractivity contribution is -0.192. The lowest BCUT2D eigenvalue weighted by Crippen LogP contribution is -2.28. The Morgan fingerprint density at radius 1 is 0.967 bits per heavy atom. The molecule has 0 atom stereocenters. The van der Waals surface area contributed by atoms with Crippen molar-refractivity contribution in [2.45, 2.75) is 9.79 Å². The maximum Gasteiger partial charge on any atom is 0.179 e. The topological polar surface area (TPSA) is 126 Å². The zero-order valence-electron chi connectivity index (χ0n) is 17.2. The molecule has 0 spiro atoms. The van der Waals surface area contributed by atoms with Gasteiger partial charge in [0.25, 0.3) is 0 Å². The smallest absolute Gasteiger partial charge is 0.179 e. The minimum Gasteiger partial charge on any atom is -0.495 e. The molecule has 0 amide bonds. The fourth-order valence-electron chi connectivity index (χ4n) is 2.47. The van der Waals surface area contributed by atoms with Gasteiger partial charge in [-0.05, 0) is 43.4 Å². The normalized spacial score (nSPS) is 11.6. The van der Waals surface area contributed by atoms with Gasteiger partial charge in [-0.15, -0.1) is 0 Å². The van der Waals surface area contributed by atoms with Gasteiger partial charge in [0.1, 0.15) is 11.5 Å². The summed E-state index contributed by atoms with van der Waals surface area (Å²) in [6.07, 6.45) is 0. The van der Waals surface area contributed by atoms with Crippen LogP contribution in [-0.2, 0) is 19.1 Å². The second kappa shape index (κ2) is 11.3. The van der Waals surface area contributed by atoms with E-state index in [0.29, 0.717) is 30.3 Å². The van der Waals surface area contributed by atoms with Crippen molar-refractivity contribution in [3.8, 4) is 11.5 Å². The van der Waals surface area contributed by atoms with E-state index in [-0.39, 0.29) is 22.9 Å². The van der Waals surface area contributed by atoms with Gasteiger partial charge in [-0.1, -0.05) is 0 Å². The van der Waals surface area contributed by atoms with E-state index in [1.165, 1.54) is 19.2 Å². The zero-order valence-corrected chi connectivity index (χ0v) is 18.8. The van der Waals surface area contributed by atoms with Gasteiger partial charge in [0.2, 0.25) is 0 Å². The second-order valence-corrected chi connectivity index (χ2v) is 9.29. The van der Waals surface area contributed by atoms with Crippen LogP contribution in [0.3, 0.4) is 0 Å². The highest BCUT2D eigenvalue weighted by Crippen LogP contribution is 2.28. The molecule has 0 aliphatic rings. The summed E-state index contributed by atoms with van der Waals surface area (Å²) in [5.41, 5.74) is 12.4. The number of rotatable bonds is 12. The van der Waals surface area contributed by atoms with Crippen LogP contribution in [0.2, 0.25) is 0 Å². The highest BCUT2D eigenvalue weighted by Gasteiger charge is 2.17. The molecular formula is C19H27N3O6S2. The molecule has 0 bridgehead atoms. The van der Waals surface area contributed by atoms with Crippen LogP contribution >= 0.6 is 12.0 Å². The van der Waals surface area contributed by atoms with Gasteiger partial charge in [-0.3, -0.25) is 0 Å². The quantitative estimate of drug-likeness (QED) is 0.161. The Kier molecular flexibility index (Phi) is 9.06. The van der Waals surface area contributed by atoms with Crippen LogP contribution in [0.25, 0.3) is 0 Å². The third-order valence-corrected chi connectivity index (χ3v) is 6.54. The number of nitrogens with zero attached hydrogens (tertiary/aromatic N) is 1. The van der Waals surface area contributed by atoms with Crippen LogP contribution in [0, 0.1) is 0 Å². The van der Waals surface area contributed by atoms with E-state index in [9.17, 15) is 8.42 Å². The van der Waals surface area contributed by atoms with Gasteiger partial charge in [-0.25, -0.2) is 13.3 Å². The number of hydrogen-bond donors (Lipinski definition) is 2. The molecule has 0 radical (unpaired) electrons. The number of methoxy groups -OCH3 is 2. The Labute approximate surface area is 181 Å². The SMILES string of the molecule is COc1ccc(SOOCCN(C)CCS(=O)(=O)c2ccc(OC)c(N)c2)cc1N. The highest BCUT2D eigenvalue weighted by molar-refractivity contribution is 7.94. The Morgan fingerprint density at radius 3 is 2.20 bits per heavy atom. The molecule has 30 heavy (non-hydrogen) atoms. The van der Waals surface area contributed by atoms with E-state index in [2.05, 4.69) is 0 Å². The van der Waals surface area contributed by atoms with Crippen molar-refractivity contribution in [3.63, 3.8) is 0 Å². The molecule has 0 saturated carbocycles. The van der Waals surface area contributed by atoms with Gasteiger partial charge in [0.15, 0.2) is 9.84 Å². The molecule has 4 N–H and O–H groups in total. The second-order valence-electron chi connectivity index (χ2n) is 6.40. The van der Waals surface area contributed by atoms with Crippen LogP contribution < -0.4 is 20.9 Å². The lowest BCUT2D eigenvalue weighted by atomic mass is 10.3. The molecule has 166 valence electrons. The van der Waals surface area contributed by atoms with E-state index < -0.39 is 9.84 Å². The summed E-state index contributed by atoms with van der Waals surface area (Å²) < 4.78 is 40.2. The molecular weight excluding hydrogens is 430 g/mol. The highest BCUT2D eigenvalue weighted by atomic mass is 32.2. The summed E-state index contributed by atoms with van der Waals surface area (Å²) in [5, 5.41) is 0. The van der Waals surface area contributed by atoms with Gasteiger partial charge in [0, 0.05) is 18.0 Å². The fourth-order valence-corrected chi connectivity index (χ4v) is 4.33. The minimum absolute atomic E-state index is 0.0456. The van der Waals surface area contributed by atoms with E-state index in [0.717, 1.165) is 16.9 Å². The summed E-state index contributed by atoms with van der Waals surface area (Å²) in [6.45, 7) is 1.09. The number of nitrogen functional groups attached to an aromatic ring is 2. The summed E-state index contributed by atoms with van der Waals surface area (Å²) in [6, 6.07) is 9.71. The minimum atomic E-state index is -3.46. The standard InChI is InChI=1S/C19H27N3O6S2/c1-22(8-10-27-28-29-14-4-6-18(25-2)16(20)12-14)9-11-30(23,24)15-5-7-19(26-3)17(21)13-15/h4-7,12-13H,8-11,20-21H2,1-3H3. The predicted molar refractivity (Wildman–Crippen MR) is 117 cm³/mol. The molecule has 0 aromatic heterocycles. The van der Waals surface area contributed by atoms with Crippen LogP contribution in [0.1, 0.15) is 0 Å². The third kappa shape index (κ3) is 6.96. The van der Waals surface area contributed by atoms with Crippen LogP contribution in [0.5, 0.6) is 11.5 Å². The molecule has 2 aromatic carbocycles. The predicted octanol–water partition coefficient (Wildman–Crippen LogP) is 2.23. The number of sulfone groups is 1. The van der Waals surface area contributed by atoms with Gasteiger partial charge >= 0.3 is 0 Å². The van der Waals surface area contributed by atoms with E-state index in [1.807, 2.05) is 4.90 Å². The molecule has 0 heterocycles. The van der Waals surface area contributed by atoms with Crippen LogP contribution in [-0.4, -0.2) is 60.0 Å². The molecule has 9 nitrogen and oxygen atoms in total. The van der Waals surface area contributed by atoms with Gasteiger partial charge in [0.05, 0.1) is 54.9 Å². The van der Waals surface area contributed by atoms with Crippen molar-refractivity contribution >= 4 is 33.3 Å². The zero-order chi connectivity index (χ0) is 22.1. The van der Waals surface area contributed by atoms with Crippen LogP contribution in [0.4, 0.5) is 11.4 Å². The summed E-state index contributed by atoms with van der Waals surface area (Å²) in [4.78, 5) is 7.91. The number of benzene rings is 2. The number of nitrogens with two attached hydrogens (primary N) is 2. The first-order valence-corrected chi connectivity index (χ1v) is 11.4. The van der Waals surface area contributed by atoms with E-state index in [1.54, 1.807) is 38.4 Å². The third-order valence-electron chi connectivity index (χ3n) is 4.24. The number of hydrogen-bond acceptors (Lipinski definition) is 10. The van der Waals surface area contributed by atoms with Crippen molar-refractivity contribution in [1.29, 1.82) is 0 Å². The molecule has 0 fully saturated rings. The molecule has 2 rings (SSSR count). The number of likely N-dealkylation sites (N-methyl/N-ethyl adjacent to an activating group) is 1. The maximum atomic E-state index is 12.5. The Hall–Kier alpha value is -2.18. The average molecular weight is 458 g/mol. The molecule has 0 saturated heterocycles. The van der Waals surface area contributed by atoms with E-state index >= 15 is 0 Å². The summed E-state index contributed by atoms with van der Waals surface area (Å²) >= 11 is 1.03. The Balaban J connectivity index is 1.71. The monoisotopic (exact) mass is 457 g/mol. The largest absolute Gasteiger partial charge is 0.495 e.